The van der Waals surface area contributed by atoms with Gasteiger partial charge in [0.15, 0.2) is 0 Å². The first kappa shape index (κ1) is 23.8. The highest BCUT2D eigenvalue weighted by atomic mass is 16.5. The van der Waals surface area contributed by atoms with Crippen LogP contribution in [0, 0.1) is 0 Å². The van der Waals surface area contributed by atoms with E-state index in [-0.39, 0.29) is 18.0 Å². The van der Waals surface area contributed by atoms with E-state index in [9.17, 15) is 14.4 Å². The van der Waals surface area contributed by atoms with Gasteiger partial charge in [0.1, 0.15) is 0 Å². The molecule has 1 heterocycles. The monoisotopic (exact) mass is 447 g/mol. The van der Waals surface area contributed by atoms with Crippen molar-refractivity contribution in [2.45, 2.75) is 39.8 Å². The Morgan fingerprint density at radius 1 is 1.12 bits per heavy atom. The number of hydrogen-bond acceptors (Lipinski definition) is 4. The summed E-state index contributed by atoms with van der Waals surface area (Å²) in [6.07, 6.45) is 2.92. The van der Waals surface area contributed by atoms with Crippen molar-refractivity contribution in [2.24, 2.45) is 0 Å². The van der Waals surface area contributed by atoms with E-state index in [4.69, 9.17) is 4.74 Å². The number of rotatable bonds is 7. The van der Waals surface area contributed by atoms with E-state index < -0.39 is 12.0 Å². The molecule has 172 valence electrons. The van der Waals surface area contributed by atoms with Crippen LogP contribution < -0.4 is 10.6 Å². The van der Waals surface area contributed by atoms with Gasteiger partial charge in [-0.05, 0) is 57.0 Å². The Labute approximate surface area is 194 Å². The quantitative estimate of drug-likeness (QED) is 0.478. The van der Waals surface area contributed by atoms with Crippen LogP contribution in [0.3, 0.4) is 0 Å². The van der Waals surface area contributed by atoms with E-state index in [1.54, 1.807) is 51.1 Å². The molecule has 7 heteroatoms. The molecular formula is C26H29N3O4. The minimum absolute atomic E-state index is 0.256. The molecule has 1 aliphatic heterocycles. The summed E-state index contributed by atoms with van der Waals surface area (Å²) in [7, 11) is 0. The third kappa shape index (κ3) is 5.88. The SMILES string of the molecule is CCN1C(=O)NC(c2ccc(NC(=O)/C=C/c3ccccc3)cc2)C(C(=O)OC(C)C)=C1C. The summed E-state index contributed by atoms with van der Waals surface area (Å²) in [4.78, 5) is 39.2. The van der Waals surface area contributed by atoms with Crippen LogP contribution in [0.2, 0.25) is 0 Å². The predicted molar refractivity (Wildman–Crippen MR) is 128 cm³/mol. The van der Waals surface area contributed by atoms with E-state index in [2.05, 4.69) is 10.6 Å². The van der Waals surface area contributed by atoms with Crippen LogP contribution in [0.15, 0.2) is 71.9 Å². The molecule has 0 aliphatic carbocycles. The van der Waals surface area contributed by atoms with Crippen LogP contribution in [0.4, 0.5) is 10.5 Å². The summed E-state index contributed by atoms with van der Waals surface area (Å²) in [6, 6.07) is 15.7. The maximum Gasteiger partial charge on any atom is 0.338 e. The molecule has 33 heavy (non-hydrogen) atoms. The number of benzene rings is 2. The number of hydrogen-bond donors (Lipinski definition) is 2. The molecule has 0 spiro atoms. The lowest BCUT2D eigenvalue weighted by Gasteiger charge is -2.35. The summed E-state index contributed by atoms with van der Waals surface area (Å²) in [5.41, 5.74) is 3.21. The number of amides is 3. The van der Waals surface area contributed by atoms with Gasteiger partial charge < -0.3 is 15.4 Å². The number of ether oxygens (including phenoxy) is 1. The predicted octanol–water partition coefficient (Wildman–Crippen LogP) is 4.65. The van der Waals surface area contributed by atoms with Crippen molar-refractivity contribution in [3.8, 4) is 0 Å². The molecule has 1 unspecified atom stereocenters. The van der Waals surface area contributed by atoms with Gasteiger partial charge in [-0.1, -0.05) is 42.5 Å². The van der Waals surface area contributed by atoms with E-state index in [1.807, 2.05) is 37.3 Å². The average Bonchev–Trinajstić information content (AvgIpc) is 2.78. The standard InChI is InChI=1S/C26H29N3O4/c1-5-29-18(4)23(25(31)33-17(2)3)24(28-26(29)32)20-12-14-21(15-13-20)27-22(30)16-11-19-9-7-6-8-10-19/h6-17,24H,5H2,1-4H3,(H,27,30)(H,28,32)/b16-11+. The molecule has 2 N–H and O–H groups in total. The number of carbonyl (C=O) groups excluding carboxylic acids is 3. The molecular weight excluding hydrogens is 418 g/mol. The fourth-order valence-electron chi connectivity index (χ4n) is 3.63. The van der Waals surface area contributed by atoms with Crippen molar-refractivity contribution in [3.63, 3.8) is 0 Å². The van der Waals surface area contributed by atoms with E-state index in [0.29, 0.717) is 29.1 Å². The molecule has 1 atom stereocenters. The Bertz CT molecular complexity index is 1070. The van der Waals surface area contributed by atoms with Gasteiger partial charge in [-0.25, -0.2) is 9.59 Å². The zero-order chi connectivity index (χ0) is 24.0. The smallest absolute Gasteiger partial charge is 0.338 e. The number of nitrogens with zero attached hydrogens (tertiary/aromatic N) is 1. The Balaban J connectivity index is 1.79. The summed E-state index contributed by atoms with van der Waals surface area (Å²) in [6.45, 7) is 7.60. The molecule has 3 rings (SSSR count). The number of urea groups is 1. The molecule has 7 nitrogen and oxygen atoms in total. The lowest BCUT2D eigenvalue weighted by Crippen LogP contribution is -2.48. The third-order valence-corrected chi connectivity index (χ3v) is 5.21. The molecule has 2 aromatic rings. The molecule has 2 aromatic carbocycles. The molecule has 1 aliphatic rings. The highest BCUT2D eigenvalue weighted by molar-refractivity contribution is 6.02. The van der Waals surface area contributed by atoms with Crippen LogP contribution in [0.5, 0.6) is 0 Å². The van der Waals surface area contributed by atoms with Crippen molar-refractivity contribution in [1.82, 2.24) is 10.2 Å². The summed E-state index contributed by atoms with van der Waals surface area (Å²) >= 11 is 0. The molecule has 0 saturated carbocycles. The second-order valence-corrected chi connectivity index (χ2v) is 7.94. The molecule has 0 fully saturated rings. The average molecular weight is 448 g/mol. The maximum absolute atomic E-state index is 12.8. The first-order valence-corrected chi connectivity index (χ1v) is 10.9. The van der Waals surface area contributed by atoms with Crippen LogP contribution >= 0.6 is 0 Å². The van der Waals surface area contributed by atoms with Gasteiger partial charge in [0.2, 0.25) is 5.91 Å². The molecule has 0 radical (unpaired) electrons. The van der Waals surface area contributed by atoms with E-state index in [0.717, 1.165) is 5.56 Å². The summed E-state index contributed by atoms with van der Waals surface area (Å²) in [5.74, 6) is -0.720. The van der Waals surface area contributed by atoms with Crippen molar-refractivity contribution >= 4 is 29.7 Å². The van der Waals surface area contributed by atoms with Crippen LogP contribution in [-0.4, -0.2) is 35.5 Å². The molecule has 0 saturated heterocycles. The van der Waals surface area contributed by atoms with Gasteiger partial charge in [-0.15, -0.1) is 0 Å². The Kier molecular flexibility index (Phi) is 7.66. The van der Waals surface area contributed by atoms with Crippen molar-refractivity contribution in [2.75, 3.05) is 11.9 Å². The van der Waals surface area contributed by atoms with Crippen LogP contribution in [0.1, 0.15) is 44.9 Å². The van der Waals surface area contributed by atoms with Crippen molar-refractivity contribution in [1.29, 1.82) is 0 Å². The molecule has 3 amide bonds. The summed E-state index contributed by atoms with van der Waals surface area (Å²) in [5, 5.41) is 5.71. The zero-order valence-electron chi connectivity index (χ0n) is 19.3. The topological polar surface area (TPSA) is 87.7 Å². The van der Waals surface area contributed by atoms with Crippen molar-refractivity contribution in [3.05, 3.63) is 83.1 Å². The van der Waals surface area contributed by atoms with Gasteiger partial charge in [0.05, 0.1) is 17.7 Å². The highest BCUT2D eigenvalue weighted by Crippen LogP contribution is 2.32. The second-order valence-electron chi connectivity index (χ2n) is 7.94. The van der Waals surface area contributed by atoms with Gasteiger partial charge >= 0.3 is 12.0 Å². The van der Waals surface area contributed by atoms with Gasteiger partial charge in [-0.2, -0.15) is 0 Å². The third-order valence-electron chi connectivity index (χ3n) is 5.21. The van der Waals surface area contributed by atoms with E-state index >= 15 is 0 Å². The molecule has 0 aromatic heterocycles. The van der Waals surface area contributed by atoms with Crippen LogP contribution in [-0.2, 0) is 14.3 Å². The van der Waals surface area contributed by atoms with Gasteiger partial charge in [0, 0.05) is 24.0 Å². The summed E-state index contributed by atoms with van der Waals surface area (Å²) < 4.78 is 5.44. The fourth-order valence-corrected chi connectivity index (χ4v) is 3.63. The number of allylic oxidation sites excluding steroid dienone is 1. The normalized spacial score (nSPS) is 16.2. The van der Waals surface area contributed by atoms with Gasteiger partial charge in [0.25, 0.3) is 0 Å². The number of anilines is 1. The number of carbonyl (C=O) groups is 3. The minimum Gasteiger partial charge on any atom is -0.459 e. The van der Waals surface area contributed by atoms with Crippen molar-refractivity contribution < 1.29 is 19.1 Å². The lowest BCUT2D eigenvalue weighted by molar-refractivity contribution is -0.143. The first-order chi connectivity index (χ1) is 15.8. The Morgan fingerprint density at radius 3 is 2.39 bits per heavy atom. The number of esters is 1. The zero-order valence-corrected chi connectivity index (χ0v) is 19.3. The highest BCUT2D eigenvalue weighted by Gasteiger charge is 2.36. The number of nitrogens with one attached hydrogen (secondary N) is 2. The Hall–Kier alpha value is -3.87. The minimum atomic E-state index is -0.644. The Morgan fingerprint density at radius 2 is 1.79 bits per heavy atom. The second kappa shape index (κ2) is 10.6. The molecule has 0 bridgehead atoms. The van der Waals surface area contributed by atoms with Gasteiger partial charge in [-0.3, -0.25) is 9.69 Å². The van der Waals surface area contributed by atoms with E-state index in [1.165, 1.54) is 11.0 Å². The fraction of sp³-hybridized carbons (Fsp3) is 0.269. The lowest BCUT2D eigenvalue weighted by atomic mass is 9.94. The maximum atomic E-state index is 12.8. The first-order valence-electron chi connectivity index (χ1n) is 10.9. The largest absolute Gasteiger partial charge is 0.459 e. The van der Waals surface area contributed by atoms with Crippen LogP contribution in [0.25, 0.3) is 6.08 Å².